The molecule has 16 heteroatoms. The number of aliphatic hydroxyl groups is 2. The summed E-state index contributed by atoms with van der Waals surface area (Å²) in [4.78, 5) is 47.3. The Morgan fingerprint density at radius 3 is 2.56 bits per heavy atom. The Bertz CT molecular complexity index is 2530. The van der Waals surface area contributed by atoms with Gasteiger partial charge in [-0.25, -0.2) is 4.98 Å². The van der Waals surface area contributed by atoms with Gasteiger partial charge in [0.25, 0.3) is 0 Å². The molecular weight excluding hydrogens is 865 g/mol. The zero-order chi connectivity index (χ0) is 47.8. The highest BCUT2D eigenvalue weighted by molar-refractivity contribution is 6.05. The fraction of sp³-hybridized carbons (Fsp3) is 0.558. The van der Waals surface area contributed by atoms with Gasteiger partial charge < -0.3 is 44.4 Å². The van der Waals surface area contributed by atoms with E-state index in [0.717, 1.165) is 59.3 Å². The second-order valence-corrected chi connectivity index (χ2v) is 20.1. The van der Waals surface area contributed by atoms with Crippen molar-refractivity contribution in [2.75, 3.05) is 47.6 Å². The van der Waals surface area contributed by atoms with Crippen LogP contribution >= 0.6 is 0 Å². The Balaban J connectivity index is 0.940. The summed E-state index contributed by atoms with van der Waals surface area (Å²) in [5, 5.41) is 29.6. The van der Waals surface area contributed by atoms with Crippen molar-refractivity contribution < 1.29 is 49.1 Å². The fourth-order valence-corrected chi connectivity index (χ4v) is 11.2. The van der Waals surface area contributed by atoms with Crippen LogP contribution in [-0.2, 0) is 23.7 Å². The van der Waals surface area contributed by atoms with Crippen molar-refractivity contribution in [2.45, 2.75) is 102 Å². The summed E-state index contributed by atoms with van der Waals surface area (Å²) in [6.45, 7) is 10.6. The second kappa shape index (κ2) is 20.5. The van der Waals surface area contributed by atoms with Gasteiger partial charge >= 0.3 is 12.5 Å². The normalized spacial score (nSPS) is 29.0. The fourth-order valence-electron chi connectivity index (χ4n) is 11.2. The maximum Gasteiger partial charge on any atom is 0.594 e. The summed E-state index contributed by atoms with van der Waals surface area (Å²) < 4.78 is 21.7. The molecule has 9 rings (SSSR count). The van der Waals surface area contributed by atoms with Crippen LogP contribution in [0, 0.1) is 35.5 Å². The lowest BCUT2D eigenvalue weighted by Crippen LogP contribution is -2.99. The van der Waals surface area contributed by atoms with Crippen molar-refractivity contribution in [3.05, 3.63) is 83.7 Å². The topological polar surface area (TPSA) is 202 Å². The molecular formula is C52H70N8O8+2. The minimum atomic E-state index is -1.05. The summed E-state index contributed by atoms with van der Waals surface area (Å²) in [7, 11) is 4.31. The second-order valence-electron chi connectivity index (χ2n) is 20.1. The van der Waals surface area contributed by atoms with E-state index in [4.69, 9.17) is 28.9 Å². The summed E-state index contributed by atoms with van der Waals surface area (Å²) in [6, 6.07) is 10.1. The number of quaternary nitrogens is 1. The molecule has 2 fully saturated rings. The number of allylic oxidation sites excluding steroid dienone is 5. The van der Waals surface area contributed by atoms with Gasteiger partial charge in [-0.2, -0.15) is 4.79 Å². The number of H-pyrrole nitrogens is 1. The first-order valence-corrected chi connectivity index (χ1v) is 24.4. The predicted octanol–water partition coefficient (Wildman–Crippen LogP) is 2.94. The lowest BCUT2D eigenvalue weighted by atomic mass is 9.76. The molecule has 6 aliphatic rings. The molecule has 0 radical (unpaired) electrons. The number of hydrogen-bond donors (Lipinski definition) is 6. The number of amides is 2. The Labute approximate surface area is 398 Å². The molecule has 0 spiro atoms. The van der Waals surface area contributed by atoms with Crippen molar-refractivity contribution in [2.24, 2.45) is 40.5 Å². The van der Waals surface area contributed by atoms with E-state index in [0.29, 0.717) is 38.0 Å². The van der Waals surface area contributed by atoms with E-state index in [1.54, 1.807) is 12.4 Å². The number of amidine groups is 1. The van der Waals surface area contributed by atoms with E-state index in [1.807, 2.05) is 25.7 Å². The summed E-state index contributed by atoms with van der Waals surface area (Å²) in [6.07, 6.45) is 15.3. The molecule has 364 valence electrons. The van der Waals surface area contributed by atoms with Gasteiger partial charge in [-0.3, -0.25) is 20.0 Å². The largest absolute Gasteiger partial charge is 0.594 e. The number of carbonyl (C=O) groups excluding carboxylic acids is 2. The Hall–Kier alpha value is -5.07. The van der Waals surface area contributed by atoms with Crippen LogP contribution in [0.2, 0.25) is 0 Å². The number of fused-ring (bicyclic) bond motifs is 6. The SMILES string of the molecule is COC(=O)[NH+]=CC(C(=O)N1CC(COCC2C=CC2)CC1C1=NC2C3=CC=C(c4ccc5c(ccc6[nH]c(C7CC(C)CN7C(O)C([NH2+]C(O)OC)C(C)C)nc65)c4)CC3C=CC2N1)C(C)OC. The van der Waals surface area contributed by atoms with Crippen LogP contribution in [0.15, 0.2) is 77.4 Å². The number of nitrogens with zero attached hydrogens (tertiary/aromatic N) is 4. The predicted molar refractivity (Wildman–Crippen MR) is 259 cm³/mol. The van der Waals surface area contributed by atoms with E-state index < -0.39 is 30.8 Å². The number of aromatic amines is 1. The molecule has 13 atom stereocenters. The minimum Gasteiger partial charge on any atom is -0.415 e. The van der Waals surface area contributed by atoms with Gasteiger partial charge in [-0.05, 0) is 72.8 Å². The molecule has 68 heavy (non-hydrogen) atoms. The maximum absolute atomic E-state index is 14.5. The number of carbonyl (C=O) groups is 2. The van der Waals surface area contributed by atoms with Gasteiger partial charge in [-0.1, -0.05) is 75.4 Å². The van der Waals surface area contributed by atoms with E-state index in [-0.39, 0.29) is 53.9 Å². The van der Waals surface area contributed by atoms with Crippen LogP contribution in [-0.4, -0.2) is 145 Å². The average molecular weight is 935 g/mol. The number of ether oxygens (including phenoxy) is 4. The quantitative estimate of drug-likeness (QED) is 0.0661. The third-order valence-electron chi connectivity index (χ3n) is 15.2. The van der Waals surface area contributed by atoms with Crippen LogP contribution in [0.4, 0.5) is 4.79 Å². The molecule has 0 bridgehead atoms. The third-order valence-corrected chi connectivity index (χ3v) is 15.2. The van der Waals surface area contributed by atoms with Crippen molar-refractivity contribution in [1.82, 2.24) is 25.1 Å². The maximum atomic E-state index is 14.5. The van der Waals surface area contributed by atoms with Gasteiger partial charge in [0.1, 0.15) is 23.6 Å². The number of imidazole rings is 1. The van der Waals surface area contributed by atoms with E-state index in [9.17, 15) is 19.8 Å². The van der Waals surface area contributed by atoms with Crippen LogP contribution in [0.25, 0.3) is 27.4 Å². The van der Waals surface area contributed by atoms with Crippen molar-refractivity contribution >= 4 is 51.4 Å². The molecule has 0 saturated carbocycles. The number of aliphatic imine (C=N–C) groups is 1. The smallest absolute Gasteiger partial charge is 0.415 e. The van der Waals surface area contributed by atoms with Crippen molar-refractivity contribution in [3.63, 3.8) is 0 Å². The Morgan fingerprint density at radius 2 is 1.82 bits per heavy atom. The first-order valence-electron chi connectivity index (χ1n) is 24.4. The molecule has 3 aromatic rings. The van der Waals surface area contributed by atoms with Crippen LogP contribution in [0.3, 0.4) is 0 Å². The molecule has 16 nitrogen and oxygen atoms in total. The lowest BCUT2D eigenvalue weighted by Gasteiger charge is -2.34. The molecule has 3 aliphatic carbocycles. The van der Waals surface area contributed by atoms with Gasteiger partial charge in [0.2, 0.25) is 5.91 Å². The zero-order valence-electron chi connectivity index (χ0n) is 40.4. The van der Waals surface area contributed by atoms with Crippen LogP contribution < -0.4 is 15.6 Å². The number of benzene rings is 2. The highest BCUT2D eigenvalue weighted by atomic mass is 16.6. The molecule has 3 aliphatic heterocycles. The van der Waals surface area contributed by atoms with Gasteiger partial charge in [0.05, 0.1) is 61.6 Å². The number of aliphatic hydroxyl groups excluding tert-OH is 2. The molecule has 4 heterocycles. The van der Waals surface area contributed by atoms with Crippen LogP contribution in [0.5, 0.6) is 0 Å². The average Bonchev–Trinajstić information content (AvgIpc) is 4.15. The third kappa shape index (κ3) is 9.74. The van der Waals surface area contributed by atoms with E-state index >= 15 is 0 Å². The molecule has 2 saturated heterocycles. The van der Waals surface area contributed by atoms with Gasteiger partial charge in [0.15, 0.2) is 12.4 Å². The summed E-state index contributed by atoms with van der Waals surface area (Å²) in [5.41, 5.74) is 5.55. The van der Waals surface area contributed by atoms with Crippen molar-refractivity contribution in [3.8, 4) is 0 Å². The zero-order valence-corrected chi connectivity index (χ0v) is 40.4. The number of rotatable bonds is 17. The number of hydrogen-bond acceptors (Lipinski definition) is 12. The Morgan fingerprint density at radius 1 is 1.00 bits per heavy atom. The lowest BCUT2D eigenvalue weighted by molar-refractivity contribution is -0.800. The number of nitrogens with one attached hydrogen (secondary N) is 3. The van der Waals surface area contributed by atoms with Gasteiger partial charge in [-0.15, -0.1) is 4.99 Å². The monoisotopic (exact) mass is 935 g/mol. The van der Waals surface area contributed by atoms with Gasteiger partial charge in [0, 0.05) is 56.4 Å². The van der Waals surface area contributed by atoms with E-state index in [2.05, 4.69) is 93.9 Å². The number of aromatic nitrogens is 2. The number of nitrogens with two attached hydrogens (primary N) is 1. The summed E-state index contributed by atoms with van der Waals surface area (Å²) in [5.74, 6) is 1.96. The first-order chi connectivity index (χ1) is 32.8. The van der Waals surface area contributed by atoms with Crippen molar-refractivity contribution in [1.29, 1.82) is 0 Å². The molecule has 7 N–H and O–H groups in total. The summed E-state index contributed by atoms with van der Waals surface area (Å²) >= 11 is 0. The highest BCUT2D eigenvalue weighted by Crippen LogP contribution is 2.42. The molecule has 2 amide bonds. The minimum absolute atomic E-state index is 0.0236. The highest BCUT2D eigenvalue weighted by Gasteiger charge is 2.47. The molecule has 13 unspecified atom stereocenters. The number of likely N-dealkylation sites (tertiary alicyclic amines) is 2. The molecule has 2 aromatic carbocycles. The standard InChI is InChI=1S/C52H68N8O8/c1-28(2)44(58-52(64)67-7)50(62)59-24-29(3)19-42(59)47-54-40-17-13-35-21-33(11-15-37(35)45(40)56-47)34-12-16-38-36(22-34)14-18-41-46(38)57-48(55-41)43-20-32(27-68-26-31-9-8-10-31)25-60(43)49(61)39(30(4)65-5)23-53-51(63)66-6/h8-9,11-18,21,23,28-32,36,39,41-44,46,50,52,58,62,64H,10,19-20,22,24-27H2,1-7H3,(H,54,56)(H,55,57)/p+2. The first kappa shape index (κ1) is 48.0. The molecule has 1 aromatic heterocycles. The van der Waals surface area contributed by atoms with E-state index in [1.165, 1.54) is 37.1 Å². The number of methoxy groups -OCH3 is 3. The van der Waals surface area contributed by atoms with Crippen LogP contribution in [0.1, 0.15) is 70.8 Å². The Kier molecular flexibility index (Phi) is 14.5.